The molecule has 9 nitrogen and oxygen atoms in total. The van der Waals surface area contributed by atoms with Gasteiger partial charge in [0.15, 0.2) is 0 Å². The summed E-state index contributed by atoms with van der Waals surface area (Å²) in [5, 5.41) is 22.3. The lowest BCUT2D eigenvalue weighted by Gasteiger charge is -2.10. The molecule has 5 rings (SSSR count). The minimum atomic E-state index is -0.0592. The minimum Gasteiger partial charge on any atom is -0.277 e. The molecule has 31 heavy (non-hydrogen) atoms. The molecule has 0 saturated heterocycles. The fraction of sp³-hybridized carbons (Fsp3) is 0.238. The fourth-order valence-corrected chi connectivity index (χ4v) is 4.50. The Bertz CT molecular complexity index is 1480. The van der Waals surface area contributed by atoms with Crippen LogP contribution in [-0.4, -0.2) is 39.4 Å². The van der Waals surface area contributed by atoms with Crippen LogP contribution in [0.15, 0.2) is 52.4 Å². The number of tetrazole rings is 1. The van der Waals surface area contributed by atoms with Crippen molar-refractivity contribution in [3.05, 3.63) is 69.8 Å². The minimum absolute atomic E-state index is 0.0592. The van der Waals surface area contributed by atoms with Crippen molar-refractivity contribution in [2.24, 2.45) is 0 Å². The van der Waals surface area contributed by atoms with Crippen LogP contribution in [0.1, 0.15) is 23.9 Å². The second kappa shape index (κ2) is 7.62. The first kappa shape index (κ1) is 19.4. The fourth-order valence-electron chi connectivity index (χ4n) is 3.71. The maximum absolute atomic E-state index is 12.8. The summed E-state index contributed by atoms with van der Waals surface area (Å²) in [6.45, 7) is 6.57. The molecule has 0 unspecified atom stereocenters. The molecule has 0 atom stereocenters. The molecule has 0 aliphatic heterocycles. The van der Waals surface area contributed by atoms with Crippen molar-refractivity contribution in [3.63, 3.8) is 0 Å². The van der Waals surface area contributed by atoms with Crippen LogP contribution in [0.3, 0.4) is 0 Å². The van der Waals surface area contributed by atoms with E-state index in [0.717, 1.165) is 22.6 Å². The van der Waals surface area contributed by atoms with E-state index < -0.39 is 0 Å². The predicted octanol–water partition coefficient (Wildman–Crippen LogP) is 2.95. The quantitative estimate of drug-likeness (QED) is 0.394. The molecular weight excluding hydrogens is 412 g/mol. The van der Waals surface area contributed by atoms with Gasteiger partial charge in [-0.2, -0.15) is 4.68 Å². The van der Waals surface area contributed by atoms with Gasteiger partial charge in [0.05, 0.1) is 22.3 Å². The van der Waals surface area contributed by atoms with E-state index in [0.29, 0.717) is 28.6 Å². The molecule has 0 aliphatic rings. The Morgan fingerprint density at radius 2 is 1.84 bits per heavy atom. The maximum atomic E-state index is 12.8. The monoisotopic (exact) mass is 432 g/mol. The van der Waals surface area contributed by atoms with E-state index in [9.17, 15) is 4.79 Å². The summed E-state index contributed by atoms with van der Waals surface area (Å²) in [4.78, 5) is 12.8. The lowest BCUT2D eigenvalue weighted by Crippen LogP contribution is -2.22. The van der Waals surface area contributed by atoms with Gasteiger partial charge in [0.2, 0.25) is 10.9 Å². The van der Waals surface area contributed by atoms with Crippen LogP contribution < -0.4 is 5.56 Å². The molecule has 3 heterocycles. The second-order valence-electron chi connectivity index (χ2n) is 7.20. The maximum Gasteiger partial charge on any atom is 0.262 e. The van der Waals surface area contributed by atoms with Crippen LogP contribution >= 0.6 is 11.8 Å². The molecule has 10 heteroatoms. The number of fused-ring (bicyclic) bond motifs is 3. The van der Waals surface area contributed by atoms with Gasteiger partial charge < -0.3 is 0 Å². The van der Waals surface area contributed by atoms with E-state index in [4.69, 9.17) is 0 Å². The third-order valence-corrected chi connectivity index (χ3v) is 6.38. The van der Waals surface area contributed by atoms with Crippen LogP contribution in [0.4, 0.5) is 0 Å². The molecule has 0 bridgehead atoms. The smallest absolute Gasteiger partial charge is 0.262 e. The summed E-state index contributed by atoms with van der Waals surface area (Å²) in [7, 11) is 0. The highest BCUT2D eigenvalue weighted by Crippen LogP contribution is 2.25. The van der Waals surface area contributed by atoms with Crippen LogP contribution in [-0.2, 0) is 12.3 Å². The van der Waals surface area contributed by atoms with Crippen molar-refractivity contribution in [3.8, 4) is 5.69 Å². The van der Waals surface area contributed by atoms with Gasteiger partial charge in [-0.15, -0.1) is 15.3 Å². The Morgan fingerprint density at radius 1 is 1.00 bits per heavy atom. The standard InChI is InChI=1S/C21H20N8OS/c1-4-27-19(30)15-9-5-6-10-17(15)28-18(22-23-20(27)28)12-31-21-24-25-26-29(21)16-11-7-8-13(2)14(16)3/h5-11H,4,12H2,1-3H3. The number of aryl methyl sites for hydroxylation is 2. The molecule has 0 saturated carbocycles. The lowest BCUT2D eigenvalue weighted by molar-refractivity contribution is 0.735. The van der Waals surface area contributed by atoms with E-state index in [1.54, 1.807) is 9.25 Å². The van der Waals surface area contributed by atoms with E-state index >= 15 is 0 Å². The van der Waals surface area contributed by atoms with Gasteiger partial charge in [0.1, 0.15) is 5.82 Å². The predicted molar refractivity (Wildman–Crippen MR) is 119 cm³/mol. The molecular formula is C21H20N8OS. The Morgan fingerprint density at radius 3 is 2.68 bits per heavy atom. The van der Waals surface area contributed by atoms with E-state index in [1.165, 1.54) is 17.3 Å². The molecule has 156 valence electrons. The molecule has 0 amide bonds. The van der Waals surface area contributed by atoms with Crippen molar-refractivity contribution in [1.82, 2.24) is 39.4 Å². The van der Waals surface area contributed by atoms with E-state index in [2.05, 4.69) is 45.6 Å². The van der Waals surface area contributed by atoms with Crippen molar-refractivity contribution in [1.29, 1.82) is 0 Å². The third-order valence-electron chi connectivity index (χ3n) is 5.47. The van der Waals surface area contributed by atoms with Gasteiger partial charge in [-0.25, -0.2) is 0 Å². The average molecular weight is 433 g/mol. The summed E-state index contributed by atoms with van der Waals surface area (Å²) in [6, 6.07) is 13.6. The summed E-state index contributed by atoms with van der Waals surface area (Å²) in [6.07, 6.45) is 0. The Balaban J connectivity index is 1.57. The largest absolute Gasteiger partial charge is 0.277 e. The molecule has 0 aliphatic carbocycles. The second-order valence-corrected chi connectivity index (χ2v) is 8.14. The summed E-state index contributed by atoms with van der Waals surface area (Å²) < 4.78 is 5.33. The molecule has 0 radical (unpaired) electrons. The topological polar surface area (TPSA) is 95.8 Å². The summed E-state index contributed by atoms with van der Waals surface area (Å²) in [5.74, 6) is 1.77. The first-order valence-corrected chi connectivity index (χ1v) is 10.9. The number of hydrogen-bond acceptors (Lipinski definition) is 7. The number of para-hydroxylation sites is 1. The molecule has 0 spiro atoms. The van der Waals surface area contributed by atoms with Gasteiger partial charge in [-0.05, 0) is 60.5 Å². The van der Waals surface area contributed by atoms with Gasteiger partial charge in [-0.1, -0.05) is 36.0 Å². The molecule has 0 fully saturated rings. The SMILES string of the molecule is CCn1c(=O)c2ccccc2n2c(CSc3nnnn3-c3cccc(C)c3C)nnc12. The Hall–Kier alpha value is -3.53. The van der Waals surface area contributed by atoms with Crippen molar-refractivity contribution >= 4 is 28.4 Å². The number of hydrogen-bond donors (Lipinski definition) is 0. The highest BCUT2D eigenvalue weighted by molar-refractivity contribution is 7.98. The summed E-state index contributed by atoms with van der Waals surface area (Å²) >= 11 is 1.48. The highest BCUT2D eigenvalue weighted by Gasteiger charge is 2.18. The number of aromatic nitrogens is 8. The number of nitrogens with zero attached hydrogens (tertiary/aromatic N) is 8. The zero-order valence-corrected chi connectivity index (χ0v) is 18.2. The van der Waals surface area contributed by atoms with Crippen molar-refractivity contribution in [2.75, 3.05) is 0 Å². The number of rotatable bonds is 5. The van der Waals surface area contributed by atoms with Gasteiger partial charge >= 0.3 is 0 Å². The van der Waals surface area contributed by atoms with Crippen LogP contribution in [0.25, 0.3) is 22.4 Å². The lowest BCUT2D eigenvalue weighted by atomic mass is 10.1. The molecule has 3 aromatic heterocycles. The Labute approximate surface area is 181 Å². The van der Waals surface area contributed by atoms with Crippen LogP contribution in [0, 0.1) is 13.8 Å². The zero-order valence-electron chi connectivity index (χ0n) is 17.3. The molecule has 2 aromatic carbocycles. The van der Waals surface area contributed by atoms with Gasteiger partial charge in [-0.3, -0.25) is 13.8 Å². The van der Waals surface area contributed by atoms with Crippen molar-refractivity contribution in [2.45, 2.75) is 38.2 Å². The first-order valence-electron chi connectivity index (χ1n) is 9.93. The number of thioether (sulfide) groups is 1. The summed E-state index contributed by atoms with van der Waals surface area (Å²) in [5.41, 5.74) is 3.99. The first-order chi connectivity index (χ1) is 15.1. The van der Waals surface area contributed by atoms with E-state index in [-0.39, 0.29) is 5.56 Å². The van der Waals surface area contributed by atoms with Gasteiger partial charge in [0, 0.05) is 6.54 Å². The average Bonchev–Trinajstić information content (AvgIpc) is 3.42. The van der Waals surface area contributed by atoms with Gasteiger partial charge in [0.25, 0.3) is 5.56 Å². The molecule has 0 N–H and O–H groups in total. The number of benzene rings is 2. The Kier molecular flexibility index (Phi) is 4.78. The highest BCUT2D eigenvalue weighted by atomic mass is 32.2. The molecule has 5 aromatic rings. The van der Waals surface area contributed by atoms with Crippen molar-refractivity contribution < 1.29 is 0 Å². The third kappa shape index (κ3) is 3.10. The normalized spacial score (nSPS) is 11.6. The van der Waals surface area contributed by atoms with Crippen LogP contribution in [0.5, 0.6) is 0 Å². The zero-order chi connectivity index (χ0) is 21.5. The van der Waals surface area contributed by atoms with Crippen LogP contribution in [0.2, 0.25) is 0 Å². The van der Waals surface area contributed by atoms with E-state index in [1.807, 2.05) is 47.7 Å².